The topological polar surface area (TPSA) is 26.3 Å². The van der Waals surface area contributed by atoms with Crippen molar-refractivity contribution in [2.24, 2.45) is 0 Å². The van der Waals surface area contributed by atoms with Gasteiger partial charge in [-0.1, -0.05) is 43.3 Å². The molecule has 0 saturated carbocycles. The highest BCUT2D eigenvalue weighted by Gasteiger charge is 2.31. The fourth-order valence-corrected chi connectivity index (χ4v) is 3.11. The maximum atomic E-state index is 12.3. The Bertz CT molecular complexity index is 628. The SMILES string of the molecule is COc1ccc(C2CC(=O)c3ccccc3C2C)cc1. The Hall–Kier alpha value is -2.09. The lowest BCUT2D eigenvalue weighted by atomic mass is 9.72. The van der Waals surface area contributed by atoms with Crippen molar-refractivity contribution in [3.63, 3.8) is 0 Å². The van der Waals surface area contributed by atoms with E-state index in [0.29, 0.717) is 12.3 Å². The number of ketones is 1. The van der Waals surface area contributed by atoms with Crippen molar-refractivity contribution >= 4 is 5.78 Å². The van der Waals surface area contributed by atoms with Gasteiger partial charge in [-0.2, -0.15) is 0 Å². The van der Waals surface area contributed by atoms with Gasteiger partial charge in [0.15, 0.2) is 5.78 Å². The zero-order chi connectivity index (χ0) is 14.1. The molecule has 2 atom stereocenters. The van der Waals surface area contributed by atoms with Crippen molar-refractivity contribution in [1.29, 1.82) is 0 Å². The summed E-state index contributed by atoms with van der Waals surface area (Å²) in [5, 5.41) is 0. The minimum atomic E-state index is 0.250. The highest BCUT2D eigenvalue weighted by molar-refractivity contribution is 5.99. The van der Waals surface area contributed by atoms with Gasteiger partial charge in [0, 0.05) is 12.0 Å². The van der Waals surface area contributed by atoms with E-state index < -0.39 is 0 Å². The van der Waals surface area contributed by atoms with Crippen molar-refractivity contribution in [3.8, 4) is 5.75 Å². The van der Waals surface area contributed by atoms with Gasteiger partial charge in [-0.25, -0.2) is 0 Å². The van der Waals surface area contributed by atoms with Gasteiger partial charge >= 0.3 is 0 Å². The molecule has 102 valence electrons. The minimum Gasteiger partial charge on any atom is -0.497 e. The summed E-state index contributed by atoms with van der Waals surface area (Å²) < 4.78 is 5.19. The van der Waals surface area contributed by atoms with Gasteiger partial charge in [0.05, 0.1) is 7.11 Å². The predicted octanol–water partition coefficient (Wildman–Crippen LogP) is 4.17. The molecule has 1 aliphatic rings. The lowest BCUT2D eigenvalue weighted by molar-refractivity contribution is 0.0958. The smallest absolute Gasteiger partial charge is 0.163 e. The van der Waals surface area contributed by atoms with E-state index in [1.165, 1.54) is 11.1 Å². The third-order valence-electron chi connectivity index (χ3n) is 4.30. The largest absolute Gasteiger partial charge is 0.497 e. The van der Waals surface area contributed by atoms with E-state index in [-0.39, 0.29) is 11.7 Å². The monoisotopic (exact) mass is 266 g/mol. The van der Waals surface area contributed by atoms with E-state index in [4.69, 9.17) is 4.74 Å². The summed E-state index contributed by atoms with van der Waals surface area (Å²) >= 11 is 0. The molecule has 0 aromatic heterocycles. The number of carbonyl (C=O) groups excluding carboxylic acids is 1. The molecule has 0 amide bonds. The molecular formula is C18H18O2. The van der Waals surface area contributed by atoms with Gasteiger partial charge < -0.3 is 4.74 Å². The molecular weight excluding hydrogens is 248 g/mol. The molecule has 0 heterocycles. The fourth-order valence-electron chi connectivity index (χ4n) is 3.11. The average Bonchev–Trinajstić information content (AvgIpc) is 2.51. The third-order valence-corrected chi connectivity index (χ3v) is 4.30. The number of Topliss-reactive ketones (excluding diaryl/α,β-unsaturated/α-hetero) is 1. The molecule has 2 heteroatoms. The minimum absolute atomic E-state index is 0.250. The predicted molar refractivity (Wildman–Crippen MR) is 79.5 cm³/mol. The van der Waals surface area contributed by atoms with Crippen LogP contribution in [-0.4, -0.2) is 12.9 Å². The summed E-state index contributed by atoms with van der Waals surface area (Å²) in [7, 11) is 1.66. The van der Waals surface area contributed by atoms with Crippen LogP contribution in [0.25, 0.3) is 0 Å². The van der Waals surface area contributed by atoms with Gasteiger partial charge in [-0.3, -0.25) is 4.79 Å². The van der Waals surface area contributed by atoms with Crippen LogP contribution in [-0.2, 0) is 0 Å². The van der Waals surface area contributed by atoms with Crippen LogP contribution in [0.5, 0.6) is 5.75 Å². The van der Waals surface area contributed by atoms with Crippen molar-refractivity contribution in [2.75, 3.05) is 7.11 Å². The highest BCUT2D eigenvalue weighted by atomic mass is 16.5. The van der Waals surface area contributed by atoms with E-state index in [9.17, 15) is 4.79 Å². The second kappa shape index (κ2) is 5.12. The molecule has 0 radical (unpaired) electrons. The maximum Gasteiger partial charge on any atom is 0.163 e. The molecule has 20 heavy (non-hydrogen) atoms. The summed E-state index contributed by atoms with van der Waals surface area (Å²) in [6, 6.07) is 16.0. The number of carbonyl (C=O) groups is 1. The van der Waals surface area contributed by atoms with Crippen LogP contribution in [0.4, 0.5) is 0 Å². The number of ether oxygens (including phenoxy) is 1. The number of rotatable bonds is 2. The zero-order valence-corrected chi connectivity index (χ0v) is 11.8. The summed E-state index contributed by atoms with van der Waals surface area (Å²) in [6.45, 7) is 2.21. The van der Waals surface area contributed by atoms with Gasteiger partial charge in [-0.15, -0.1) is 0 Å². The number of hydrogen-bond donors (Lipinski definition) is 0. The number of fused-ring (bicyclic) bond motifs is 1. The van der Waals surface area contributed by atoms with Crippen molar-refractivity contribution < 1.29 is 9.53 Å². The molecule has 3 rings (SSSR count). The Morgan fingerprint density at radius 3 is 2.45 bits per heavy atom. The first-order valence-corrected chi connectivity index (χ1v) is 6.97. The van der Waals surface area contributed by atoms with E-state index in [2.05, 4.69) is 25.1 Å². The van der Waals surface area contributed by atoms with Gasteiger partial charge in [0.2, 0.25) is 0 Å². The molecule has 0 bridgehead atoms. The van der Waals surface area contributed by atoms with Gasteiger partial charge in [-0.05, 0) is 35.1 Å². The molecule has 0 spiro atoms. The van der Waals surface area contributed by atoms with E-state index in [0.717, 1.165) is 11.3 Å². The molecule has 2 aromatic rings. The van der Waals surface area contributed by atoms with Crippen LogP contribution < -0.4 is 4.74 Å². The van der Waals surface area contributed by atoms with Crippen LogP contribution in [0, 0.1) is 0 Å². The van der Waals surface area contributed by atoms with E-state index in [1.807, 2.05) is 30.3 Å². The average molecular weight is 266 g/mol. The Kier molecular flexibility index (Phi) is 3.31. The maximum absolute atomic E-state index is 12.3. The molecule has 2 aromatic carbocycles. The Labute approximate surface area is 119 Å². The second-order valence-electron chi connectivity index (χ2n) is 5.38. The fraction of sp³-hybridized carbons (Fsp3) is 0.278. The molecule has 0 fully saturated rings. The first-order chi connectivity index (χ1) is 9.70. The summed E-state index contributed by atoms with van der Waals surface area (Å²) in [5.41, 5.74) is 3.27. The van der Waals surface area contributed by atoms with Crippen LogP contribution in [0.3, 0.4) is 0 Å². The summed E-state index contributed by atoms with van der Waals surface area (Å²) in [4.78, 5) is 12.3. The Morgan fingerprint density at radius 1 is 1.05 bits per heavy atom. The van der Waals surface area contributed by atoms with E-state index in [1.54, 1.807) is 7.11 Å². The standard InChI is InChI=1S/C18H18O2/c1-12-15-5-3-4-6-16(15)18(19)11-17(12)13-7-9-14(20-2)10-8-13/h3-10,12,17H,11H2,1-2H3. The van der Waals surface area contributed by atoms with Gasteiger partial charge in [0.1, 0.15) is 5.75 Å². The summed E-state index contributed by atoms with van der Waals surface area (Å²) in [6.07, 6.45) is 0.588. The van der Waals surface area contributed by atoms with Crippen molar-refractivity contribution in [3.05, 3.63) is 65.2 Å². The second-order valence-corrected chi connectivity index (χ2v) is 5.38. The first-order valence-electron chi connectivity index (χ1n) is 6.97. The first kappa shape index (κ1) is 12.9. The number of hydrogen-bond acceptors (Lipinski definition) is 2. The number of benzene rings is 2. The normalized spacial score (nSPS) is 21.4. The lowest BCUT2D eigenvalue weighted by Gasteiger charge is -2.30. The van der Waals surface area contributed by atoms with E-state index >= 15 is 0 Å². The molecule has 2 nitrogen and oxygen atoms in total. The quantitative estimate of drug-likeness (QED) is 0.815. The molecule has 0 saturated heterocycles. The molecule has 1 aliphatic carbocycles. The van der Waals surface area contributed by atoms with Crippen LogP contribution >= 0.6 is 0 Å². The highest BCUT2D eigenvalue weighted by Crippen LogP contribution is 2.42. The third kappa shape index (κ3) is 2.11. The lowest BCUT2D eigenvalue weighted by Crippen LogP contribution is -2.22. The van der Waals surface area contributed by atoms with Crippen LogP contribution in [0.15, 0.2) is 48.5 Å². The summed E-state index contributed by atoms with van der Waals surface area (Å²) in [5.74, 6) is 1.71. The molecule has 0 aliphatic heterocycles. The van der Waals surface area contributed by atoms with Crippen LogP contribution in [0.2, 0.25) is 0 Å². The number of methoxy groups -OCH3 is 1. The molecule has 0 N–H and O–H groups in total. The Morgan fingerprint density at radius 2 is 1.75 bits per heavy atom. The van der Waals surface area contributed by atoms with Gasteiger partial charge in [0.25, 0.3) is 0 Å². The van der Waals surface area contributed by atoms with Crippen molar-refractivity contribution in [2.45, 2.75) is 25.2 Å². The van der Waals surface area contributed by atoms with Crippen molar-refractivity contribution in [1.82, 2.24) is 0 Å². The van der Waals surface area contributed by atoms with Crippen LogP contribution in [0.1, 0.15) is 46.7 Å². The zero-order valence-electron chi connectivity index (χ0n) is 11.8. The Balaban J connectivity index is 1.97. The molecule has 2 unspecified atom stereocenters.